The van der Waals surface area contributed by atoms with Crippen molar-refractivity contribution in [1.29, 1.82) is 0 Å². The Kier molecular flexibility index (Phi) is 1.44. The Morgan fingerprint density at radius 3 is 2.92 bits per heavy atom. The fraction of sp³-hybridized carbons (Fsp3) is 0.333. The molecule has 2 heterocycles. The van der Waals surface area contributed by atoms with E-state index in [-0.39, 0.29) is 5.91 Å². The maximum Gasteiger partial charge on any atom is 0.263 e. The van der Waals surface area contributed by atoms with Crippen LogP contribution in [0.25, 0.3) is 0 Å². The fourth-order valence-electron chi connectivity index (χ4n) is 1.61. The largest absolute Gasteiger partial charge is 0.375 e. The molecule has 1 amide bonds. The van der Waals surface area contributed by atoms with Crippen LogP contribution in [0, 0.1) is 0 Å². The summed E-state index contributed by atoms with van der Waals surface area (Å²) in [5.41, 5.74) is -0.120. The van der Waals surface area contributed by atoms with Gasteiger partial charge in [0, 0.05) is 25.0 Å². The van der Waals surface area contributed by atoms with Crippen molar-refractivity contribution in [2.45, 2.75) is 12.5 Å². The molecule has 0 aliphatic carbocycles. The number of pyridine rings is 1. The predicted octanol–water partition coefficient (Wildman–Crippen LogP) is 0.265. The molecule has 1 N–H and O–H groups in total. The van der Waals surface area contributed by atoms with Crippen molar-refractivity contribution < 1.29 is 9.90 Å². The van der Waals surface area contributed by atoms with Gasteiger partial charge >= 0.3 is 0 Å². The minimum atomic E-state index is -1.42. The zero-order valence-electron chi connectivity index (χ0n) is 7.48. The molecule has 0 saturated heterocycles. The highest BCUT2D eigenvalue weighted by molar-refractivity contribution is 6.05. The molecule has 0 spiro atoms. The summed E-state index contributed by atoms with van der Waals surface area (Å²) in [4.78, 5) is 16.9. The predicted molar refractivity (Wildman–Crippen MR) is 47.2 cm³/mol. The summed E-state index contributed by atoms with van der Waals surface area (Å²) in [6, 6.07) is 1.72. The fourth-order valence-corrected chi connectivity index (χ4v) is 1.61. The molecule has 1 aliphatic rings. The normalized spacial score (nSPS) is 26.4. The van der Waals surface area contributed by atoms with E-state index in [9.17, 15) is 9.90 Å². The van der Waals surface area contributed by atoms with E-state index in [2.05, 4.69) is 4.98 Å². The lowest BCUT2D eigenvalue weighted by molar-refractivity contribution is -0.134. The summed E-state index contributed by atoms with van der Waals surface area (Å²) in [6.45, 7) is 1.49. The van der Waals surface area contributed by atoms with E-state index in [4.69, 9.17) is 0 Å². The van der Waals surface area contributed by atoms with Gasteiger partial charge in [-0.3, -0.25) is 9.78 Å². The molecule has 0 radical (unpaired) electrons. The third kappa shape index (κ3) is 0.890. The van der Waals surface area contributed by atoms with Gasteiger partial charge in [0.25, 0.3) is 5.91 Å². The van der Waals surface area contributed by atoms with Crippen LogP contribution in [0.2, 0.25) is 0 Å². The van der Waals surface area contributed by atoms with Gasteiger partial charge in [-0.25, -0.2) is 0 Å². The quantitative estimate of drug-likeness (QED) is 0.620. The van der Waals surface area contributed by atoms with Crippen molar-refractivity contribution in [3.8, 4) is 0 Å². The average molecular weight is 178 g/mol. The first-order valence-corrected chi connectivity index (χ1v) is 4.00. The first kappa shape index (κ1) is 8.19. The Balaban J connectivity index is 2.68. The Morgan fingerprint density at radius 2 is 2.31 bits per heavy atom. The van der Waals surface area contributed by atoms with Gasteiger partial charge in [-0.1, -0.05) is 0 Å². The van der Waals surface area contributed by atoms with Crippen molar-refractivity contribution in [3.63, 3.8) is 0 Å². The second kappa shape index (κ2) is 2.29. The molecule has 13 heavy (non-hydrogen) atoms. The minimum Gasteiger partial charge on any atom is -0.375 e. The van der Waals surface area contributed by atoms with E-state index in [0.717, 1.165) is 5.69 Å². The highest BCUT2D eigenvalue weighted by Crippen LogP contribution is 2.37. The highest BCUT2D eigenvalue weighted by Gasteiger charge is 2.44. The number of rotatable bonds is 0. The van der Waals surface area contributed by atoms with Crippen LogP contribution < -0.4 is 4.90 Å². The maximum absolute atomic E-state index is 11.5. The molecule has 4 nitrogen and oxygen atoms in total. The first-order valence-electron chi connectivity index (χ1n) is 4.00. The van der Waals surface area contributed by atoms with E-state index in [0.29, 0.717) is 5.56 Å². The molecule has 0 fully saturated rings. The zero-order chi connectivity index (χ0) is 9.64. The van der Waals surface area contributed by atoms with Gasteiger partial charge in [-0.05, 0) is 13.0 Å². The van der Waals surface area contributed by atoms with Crippen LogP contribution in [0.3, 0.4) is 0 Å². The number of hydrogen-bond acceptors (Lipinski definition) is 3. The minimum absolute atomic E-state index is 0.310. The number of carbonyl (C=O) groups is 1. The van der Waals surface area contributed by atoms with Gasteiger partial charge in [-0.2, -0.15) is 0 Å². The van der Waals surface area contributed by atoms with Crippen molar-refractivity contribution in [2.75, 3.05) is 11.9 Å². The monoisotopic (exact) mass is 178 g/mol. The molecular formula is C9H10N2O2. The van der Waals surface area contributed by atoms with Gasteiger partial charge in [0.15, 0.2) is 5.60 Å². The number of fused-ring (bicyclic) bond motifs is 1. The molecular weight excluding hydrogens is 168 g/mol. The molecule has 1 atom stereocenters. The van der Waals surface area contributed by atoms with E-state index < -0.39 is 5.60 Å². The van der Waals surface area contributed by atoms with Gasteiger partial charge in [0.2, 0.25) is 0 Å². The molecule has 0 saturated carbocycles. The number of carbonyl (C=O) groups excluding carboxylic acids is 1. The van der Waals surface area contributed by atoms with E-state index >= 15 is 0 Å². The van der Waals surface area contributed by atoms with Crippen LogP contribution in [0.15, 0.2) is 18.5 Å². The molecule has 0 aromatic carbocycles. The second-order valence-electron chi connectivity index (χ2n) is 3.33. The number of aromatic nitrogens is 1. The van der Waals surface area contributed by atoms with Crippen LogP contribution in [-0.2, 0) is 10.4 Å². The van der Waals surface area contributed by atoms with Crippen molar-refractivity contribution in [2.24, 2.45) is 0 Å². The van der Waals surface area contributed by atoms with Crippen molar-refractivity contribution in [1.82, 2.24) is 4.98 Å². The standard InChI is InChI=1S/C9H10N2O2/c1-9(13)6-5-10-4-3-7(6)11(2)8(9)12/h3-5,13H,1-2H3. The Morgan fingerprint density at radius 1 is 1.62 bits per heavy atom. The lowest BCUT2D eigenvalue weighted by Gasteiger charge is -2.14. The van der Waals surface area contributed by atoms with E-state index in [1.54, 1.807) is 19.3 Å². The molecule has 1 aromatic heterocycles. The molecule has 1 aliphatic heterocycles. The topological polar surface area (TPSA) is 53.4 Å². The summed E-state index contributed by atoms with van der Waals surface area (Å²) in [5.74, 6) is -0.310. The number of nitrogens with zero attached hydrogens (tertiary/aromatic N) is 2. The number of amides is 1. The lowest BCUT2D eigenvalue weighted by Crippen LogP contribution is -2.35. The number of likely N-dealkylation sites (N-methyl/N-ethyl adjacent to an activating group) is 1. The van der Waals surface area contributed by atoms with Crippen molar-refractivity contribution in [3.05, 3.63) is 24.0 Å². The highest BCUT2D eigenvalue weighted by atomic mass is 16.3. The van der Waals surface area contributed by atoms with Crippen LogP contribution >= 0.6 is 0 Å². The van der Waals surface area contributed by atoms with Crippen LogP contribution in [-0.4, -0.2) is 23.0 Å². The lowest BCUT2D eigenvalue weighted by atomic mass is 10.0. The summed E-state index contributed by atoms with van der Waals surface area (Å²) in [6.07, 6.45) is 3.13. The van der Waals surface area contributed by atoms with E-state index in [1.165, 1.54) is 18.0 Å². The molecule has 68 valence electrons. The Bertz CT molecular complexity index is 374. The summed E-state index contributed by atoms with van der Waals surface area (Å²) < 4.78 is 0. The van der Waals surface area contributed by atoms with Crippen molar-refractivity contribution >= 4 is 11.6 Å². The smallest absolute Gasteiger partial charge is 0.263 e. The molecule has 1 aromatic rings. The number of hydrogen-bond donors (Lipinski definition) is 1. The van der Waals surface area contributed by atoms with Crippen LogP contribution in [0.4, 0.5) is 5.69 Å². The summed E-state index contributed by atoms with van der Waals surface area (Å²) in [5, 5.41) is 9.85. The number of anilines is 1. The summed E-state index contributed by atoms with van der Waals surface area (Å²) >= 11 is 0. The van der Waals surface area contributed by atoms with Crippen LogP contribution in [0.5, 0.6) is 0 Å². The van der Waals surface area contributed by atoms with Gasteiger partial charge in [0.05, 0.1) is 5.69 Å². The molecule has 1 unspecified atom stereocenters. The molecule has 2 rings (SSSR count). The maximum atomic E-state index is 11.5. The zero-order valence-corrected chi connectivity index (χ0v) is 7.48. The Hall–Kier alpha value is -1.42. The van der Waals surface area contributed by atoms with Gasteiger partial charge in [0.1, 0.15) is 0 Å². The SMILES string of the molecule is CN1C(=O)C(C)(O)c2cnccc21. The second-order valence-corrected chi connectivity index (χ2v) is 3.33. The first-order chi connectivity index (χ1) is 6.05. The number of aliphatic hydroxyl groups is 1. The molecule has 4 heteroatoms. The molecule has 0 bridgehead atoms. The third-order valence-corrected chi connectivity index (χ3v) is 2.40. The van der Waals surface area contributed by atoms with E-state index in [1.807, 2.05) is 0 Å². The third-order valence-electron chi connectivity index (χ3n) is 2.40. The summed E-state index contributed by atoms with van der Waals surface area (Å²) in [7, 11) is 1.64. The average Bonchev–Trinajstić information content (AvgIpc) is 2.30. The Labute approximate surface area is 75.8 Å². The van der Waals surface area contributed by atoms with Gasteiger partial charge < -0.3 is 10.0 Å². The van der Waals surface area contributed by atoms with Crippen LogP contribution in [0.1, 0.15) is 12.5 Å². The van der Waals surface area contributed by atoms with Gasteiger partial charge in [-0.15, -0.1) is 0 Å².